The maximum atomic E-state index is 12.5. The van der Waals surface area contributed by atoms with Crippen LogP contribution in [0.3, 0.4) is 0 Å². The predicted molar refractivity (Wildman–Crippen MR) is 87.3 cm³/mol. The average Bonchev–Trinajstić information content (AvgIpc) is 3.17. The fraction of sp³-hybridized carbons (Fsp3) is 0.400. The van der Waals surface area contributed by atoms with Crippen LogP contribution in [0, 0.1) is 6.92 Å². The third-order valence-corrected chi connectivity index (χ3v) is 6.17. The van der Waals surface area contributed by atoms with Gasteiger partial charge < -0.3 is 11.1 Å². The molecule has 1 aliphatic rings. The number of aryl methyl sites for hydroxylation is 1. The second kappa shape index (κ2) is 5.81. The Balaban J connectivity index is 1.84. The summed E-state index contributed by atoms with van der Waals surface area (Å²) in [5.74, 6) is -0.664. The van der Waals surface area contributed by atoms with Gasteiger partial charge in [-0.3, -0.25) is 9.59 Å². The first-order valence-electron chi connectivity index (χ1n) is 7.15. The number of carbonyl (C=O) groups is 2. The normalized spacial score (nSPS) is 16.6. The summed E-state index contributed by atoms with van der Waals surface area (Å²) in [5.41, 5.74) is 5.85. The summed E-state index contributed by atoms with van der Waals surface area (Å²) >= 11 is 2.72. The van der Waals surface area contributed by atoms with Crippen molar-refractivity contribution in [2.75, 3.05) is 0 Å². The zero-order valence-corrected chi connectivity index (χ0v) is 13.9. The summed E-state index contributed by atoms with van der Waals surface area (Å²) < 4.78 is 0. The van der Waals surface area contributed by atoms with Crippen molar-refractivity contribution in [2.24, 2.45) is 5.73 Å². The zero-order chi connectivity index (χ0) is 15.7. The number of amides is 2. The minimum absolute atomic E-state index is 0.160. The topological polar surface area (TPSA) is 85.1 Å². The molecule has 2 amide bonds. The van der Waals surface area contributed by atoms with Crippen molar-refractivity contribution >= 4 is 34.5 Å². The Bertz CT molecular complexity index is 714. The van der Waals surface area contributed by atoms with Gasteiger partial charge in [-0.15, -0.1) is 22.7 Å². The number of aromatic nitrogens is 1. The summed E-state index contributed by atoms with van der Waals surface area (Å²) in [7, 11) is 0. The zero-order valence-electron chi connectivity index (χ0n) is 12.2. The third-order valence-electron chi connectivity index (χ3n) is 3.91. The first kappa shape index (κ1) is 15.2. The van der Waals surface area contributed by atoms with E-state index in [0.29, 0.717) is 9.75 Å². The number of nitrogens with two attached hydrogens (primary N) is 1. The predicted octanol–water partition coefficient (Wildman–Crippen LogP) is 2.81. The number of thiophene rings is 1. The van der Waals surface area contributed by atoms with Crippen LogP contribution in [-0.2, 0) is 5.54 Å². The van der Waals surface area contributed by atoms with Gasteiger partial charge in [0, 0.05) is 11.1 Å². The summed E-state index contributed by atoms with van der Waals surface area (Å²) in [5, 5.41) is 6.14. The molecular weight excluding hydrogens is 318 g/mol. The van der Waals surface area contributed by atoms with E-state index in [-0.39, 0.29) is 11.4 Å². The minimum atomic E-state index is -0.504. The molecule has 0 spiro atoms. The molecule has 2 aromatic heterocycles. The highest BCUT2D eigenvalue weighted by Gasteiger charge is 2.40. The lowest BCUT2D eigenvalue weighted by Crippen LogP contribution is -2.43. The molecule has 2 heterocycles. The Labute approximate surface area is 136 Å². The number of rotatable bonds is 4. The lowest BCUT2D eigenvalue weighted by Gasteiger charge is -2.27. The van der Waals surface area contributed by atoms with E-state index in [4.69, 9.17) is 5.73 Å². The van der Waals surface area contributed by atoms with Crippen molar-refractivity contribution in [3.05, 3.63) is 38.0 Å². The van der Waals surface area contributed by atoms with E-state index in [0.717, 1.165) is 47.7 Å². The summed E-state index contributed by atoms with van der Waals surface area (Å²) in [6.45, 7) is 1.96. The molecule has 3 N–H and O–H groups in total. The maximum Gasteiger partial charge on any atom is 0.262 e. The number of nitrogens with one attached hydrogen (secondary N) is 1. The van der Waals surface area contributed by atoms with Crippen LogP contribution in [0.4, 0.5) is 0 Å². The highest BCUT2D eigenvalue weighted by atomic mass is 32.1. The van der Waals surface area contributed by atoms with Crippen molar-refractivity contribution in [3.8, 4) is 0 Å². The monoisotopic (exact) mass is 335 g/mol. The summed E-state index contributed by atoms with van der Waals surface area (Å²) in [4.78, 5) is 29.2. The molecule has 22 heavy (non-hydrogen) atoms. The Kier molecular flexibility index (Phi) is 4.01. The maximum absolute atomic E-state index is 12.5. The number of thiazole rings is 1. The van der Waals surface area contributed by atoms with Gasteiger partial charge in [0.2, 0.25) is 0 Å². The van der Waals surface area contributed by atoms with Crippen LogP contribution in [0.15, 0.2) is 17.5 Å². The van der Waals surface area contributed by atoms with Crippen molar-refractivity contribution in [1.82, 2.24) is 10.3 Å². The molecule has 0 atom stereocenters. The largest absolute Gasteiger partial charge is 0.365 e. The van der Waals surface area contributed by atoms with Crippen LogP contribution in [0.25, 0.3) is 0 Å². The second-order valence-electron chi connectivity index (χ2n) is 5.57. The molecule has 1 aliphatic carbocycles. The van der Waals surface area contributed by atoms with Crippen LogP contribution >= 0.6 is 22.7 Å². The van der Waals surface area contributed by atoms with Gasteiger partial charge in [0.25, 0.3) is 11.8 Å². The van der Waals surface area contributed by atoms with Crippen LogP contribution in [0.2, 0.25) is 0 Å². The Hall–Kier alpha value is -1.73. The van der Waals surface area contributed by atoms with E-state index in [9.17, 15) is 9.59 Å². The minimum Gasteiger partial charge on any atom is -0.365 e. The van der Waals surface area contributed by atoms with E-state index in [1.54, 1.807) is 23.5 Å². The fourth-order valence-electron chi connectivity index (χ4n) is 2.82. The Morgan fingerprint density at radius 2 is 1.95 bits per heavy atom. The van der Waals surface area contributed by atoms with Gasteiger partial charge in [-0.1, -0.05) is 12.8 Å². The highest BCUT2D eigenvalue weighted by Crippen LogP contribution is 2.40. The van der Waals surface area contributed by atoms with Gasteiger partial charge >= 0.3 is 0 Å². The molecular formula is C15H17N3O2S2. The van der Waals surface area contributed by atoms with E-state index >= 15 is 0 Å². The molecule has 2 aromatic rings. The molecule has 0 unspecified atom stereocenters. The van der Waals surface area contributed by atoms with Crippen LogP contribution < -0.4 is 11.1 Å². The molecule has 5 nitrogen and oxygen atoms in total. The molecule has 3 rings (SSSR count). The number of primary amides is 1. The standard InChI is InChI=1S/C15H17N3O2S2/c1-9-8-21-14(17-9)15(6-2-3-7-15)18-13(20)11-5-4-10(22-11)12(16)19/h4-5,8H,2-3,6-7H2,1H3,(H2,16,19)(H,18,20). The van der Waals surface area contributed by atoms with E-state index in [1.807, 2.05) is 12.3 Å². The SMILES string of the molecule is Cc1csc(C2(NC(=O)c3ccc(C(N)=O)s3)CCCC2)n1. The molecule has 0 aromatic carbocycles. The molecule has 116 valence electrons. The Morgan fingerprint density at radius 3 is 2.50 bits per heavy atom. The molecule has 1 saturated carbocycles. The van der Waals surface area contributed by atoms with E-state index in [2.05, 4.69) is 10.3 Å². The van der Waals surface area contributed by atoms with Gasteiger partial charge in [0.1, 0.15) is 5.01 Å². The van der Waals surface area contributed by atoms with Crippen LogP contribution in [0.1, 0.15) is 55.7 Å². The van der Waals surface area contributed by atoms with Gasteiger partial charge in [0.05, 0.1) is 15.3 Å². The van der Waals surface area contributed by atoms with Gasteiger partial charge in [-0.25, -0.2) is 4.98 Å². The van der Waals surface area contributed by atoms with E-state index in [1.165, 1.54) is 0 Å². The first-order valence-corrected chi connectivity index (χ1v) is 8.84. The van der Waals surface area contributed by atoms with Crippen molar-refractivity contribution in [3.63, 3.8) is 0 Å². The van der Waals surface area contributed by atoms with Gasteiger partial charge in [-0.05, 0) is 31.9 Å². The molecule has 0 saturated heterocycles. The second-order valence-corrected chi connectivity index (χ2v) is 7.51. The molecule has 1 fully saturated rings. The fourth-order valence-corrected chi connectivity index (χ4v) is 4.58. The highest BCUT2D eigenvalue weighted by molar-refractivity contribution is 7.16. The quantitative estimate of drug-likeness (QED) is 0.901. The number of hydrogen-bond donors (Lipinski definition) is 2. The van der Waals surface area contributed by atoms with Crippen LogP contribution in [0.5, 0.6) is 0 Å². The first-order chi connectivity index (χ1) is 10.5. The third kappa shape index (κ3) is 2.78. The van der Waals surface area contributed by atoms with Crippen molar-refractivity contribution < 1.29 is 9.59 Å². The number of nitrogens with zero attached hydrogens (tertiary/aromatic N) is 1. The molecule has 0 bridgehead atoms. The Morgan fingerprint density at radius 1 is 1.27 bits per heavy atom. The molecule has 7 heteroatoms. The number of carbonyl (C=O) groups excluding carboxylic acids is 2. The van der Waals surface area contributed by atoms with Gasteiger partial charge in [-0.2, -0.15) is 0 Å². The van der Waals surface area contributed by atoms with Gasteiger partial charge in [0.15, 0.2) is 0 Å². The van der Waals surface area contributed by atoms with E-state index < -0.39 is 5.91 Å². The van der Waals surface area contributed by atoms with Crippen molar-refractivity contribution in [2.45, 2.75) is 38.1 Å². The van der Waals surface area contributed by atoms with Crippen LogP contribution in [-0.4, -0.2) is 16.8 Å². The number of hydrogen-bond acceptors (Lipinski definition) is 5. The lowest BCUT2D eigenvalue weighted by atomic mass is 9.98. The molecule has 0 aliphatic heterocycles. The summed E-state index contributed by atoms with van der Waals surface area (Å²) in [6.07, 6.45) is 3.96. The average molecular weight is 335 g/mol. The van der Waals surface area contributed by atoms with Crippen molar-refractivity contribution in [1.29, 1.82) is 0 Å². The smallest absolute Gasteiger partial charge is 0.262 e. The lowest BCUT2D eigenvalue weighted by molar-refractivity contribution is 0.0901. The molecule has 0 radical (unpaired) electrons. The summed E-state index contributed by atoms with van der Waals surface area (Å²) in [6, 6.07) is 3.24.